The quantitative estimate of drug-likeness (QED) is 0.732. The van der Waals surface area contributed by atoms with Crippen molar-refractivity contribution in [1.82, 2.24) is 4.90 Å². The molecule has 0 radical (unpaired) electrons. The Labute approximate surface area is 163 Å². The van der Waals surface area contributed by atoms with Crippen LogP contribution in [0.2, 0.25) is 0 Å². The zero-order chi connectivity index (χ0) is 19.9. The van der Waals surface area contributed by atoms with Gasteiger partial charge in [-0.3, -0.25) is 13.9 Å². The molecule has 2 aromatic rings. The summed E-state index contributed by atoms with van der Waals surface area (Å²) in [4.78, 5) is 26.4. The number of hydrogen-bond acceptors (Lipinski definition) is 5. The SMILES string of the molecule is CC1CCN(C(=O)COC(=O)CN2c3cccc4cccc(c34)S2(=O)=O)CC1. The highest BCUT2D eigenvalue weighted by atomic mass is 32.2. The van der Waals surface area contributed by atoms with E-state index in [-0.39, 0.29) is 17.4 Å². The van der Waals surface area contributed by atoms with E-state index in [0.29, 0.717) is 30.1 Å². The molecule has 8 heteroatoms. The zero-order valence-corrected chi connectivity index (χ0v) is 16.4. The third-order valence-corrected chi connectivity index (χ3v) is 7.25. The Bertz CT molecular complexity index is 1040. The van der Waals surface area contributed by atoms with Crippen molar-refractivity contribution >= 4 is 38.4 Å². The monoisotopic (exact) mass is 402 g/mol. The summed E-state index contributed by atoms with van der Waals surface area (Å²) in [6.45, 7) is 2.65. The Balaban J connectivity index is 1.44. The topological polar surface area (TPSA) is 84.0 Å². The maximum absolute atomic E-state index is 12.9. The van der Waals surface area contributed by atoms with Crippen molar-refractivity contribution in [3.8, 4) is 0 Å². The summed E-state index contributed by atoms with van der Waals surface area (Å²) < 4.78 is 31.9. The van der Waals surface area contributed by atoms with Crippen molar-refractivity contribution in [2.75, 3.05) is 30.5 Å². The molecule has 28 heavy (non-hydrogen) atoms. The number of esters is 1. The summed E-state index contributed by atoms with van der Waals surface area (Å²) in [5.74, 6) is -0.390. The summed E-state index contributed by atoms with van der Waals surface area (Å²) in [7, 11) is -3.82. The maximum atomic E-state index is 12.9. The van der Waals surface area contributed by atoms with Gasteiger partial charge >= 0.3 is 5.97 Å². The average Bonchev–Trinajstić information content (AvgIpc) is 2.90. The van der Waals surface area contributed by atoms with Crippen LogP contribution < -0.4 is 4.31 Å². The number of anilines is 1. The first-order valence-corrected chi connectivity index (χ1v) is 10.8. The highest BCUT2D eigenvalue weighted by Crippen LogP contribution is 2.41. The lowest BCUT2D eigenvalue weighted by Crippen LogP contribution is -2.41. The van der Waals surface area contributed by atoms with Gasteiger partial charge in [0.15, 0.2) is 6.61 Å². The van der Waals surface area contributed by atoms with Crippen molar-refractivity contribution in [2.45, 2.75) is 24.7 Å². The Morgan fingerprint density at radius 2 is 1.79 bits per heavy atom. The van der Waals surface area contributed by atoms with Crippen LogP contribution in [0.25, 0.3) is 10.8 Å². The fourth-order valence-electron chi connectivity index (χ4n) is 3.78. The smallest absolute Gasteiger partial charge is 0.327 e. The molecule has 1 amide bonds. The minimum Gasteiger partial charge on any atom is -0.454 e. The molecule has 0 spiro atoms. The molecule has 2 aliphatic rings. The van der Waals surface area contributed by atoms with Gasteiger partial charge in [0.05, 0.1) is 10.6 Å². The van der Waals surface area contributed by atoms with Crippen molar-refractivity contribution in [3.05, 3.63) is 36.4 Å². The zero-order valence-electron chi connectivity index (χ0n) is 15.6. The Morgan fingerprint density at radius 1 is 1.11 bits per heavy atom. The number of hydrogen-bond donors (Lipinski definition) is 0. The van der Waals surface area contributed by atoms with Crippen LogP contribution in [0.5, 0.6) is 0 Å². The second kappa shape index (κ2) is 7.09. The molecule has 0 unspecified atom stereocenters. The van der Waals surface area contributed by atoms with Crippen LogP contribution in [-0.4, -0.2) is 51.4 Å². The molecule has 0 bridgehead atoms. The van der Waals surface area contributed by atoms with Crippen molar-refractivity contribution in [1.29, 1.82) is 0 Å². The number of nitrogens with zero attached hydrogens (tertiary/aromatic N) is 2. The minimum absolute atomic E-state index is 0.187. The van der Waals surface area contributed by atoms with E-state index in [0.717, 1.165) is 22.5 Å². The van der Waals surface area contributed by atoms with Gasteiger partial charge in [0, 0.05) is 18.5 Å². The van der Waals surface area contributed by atoms with Gasteiger partial charge in [0.2, 0.25) is 0 Å². The van der Waals surface area contributed by atoms with Gasteiger partial charge in [0.25, 0.3) is 15.9 Å². The number of amides is 1. The number of sulfonamides is 1. The molecule has 2 heterocycles. The Kier molecular flexibility index (Phi) is 4.74. The van der Waals surface area contributed by atoms with E-state index in [1.165, 1.54) is 6.07 Å². The van der Waals surface area contributed by atoms with E-state index in [2.05, 4.69) is 6.92 Å². The van der Waals surface area contributed by atoms with E-state index >= 15 is 0 Å². The molecule has 2 aromatic carbocycles. The van der Waals surface area contributed by atoms with Crippen LogP contribution in [-0.2, 0) is 24.3 Å². The van der Waals surface area contributed by atoms with Gasteiger partial charge in [-0.15, -0.1) is 0 Å². The van der Waals surface area contributed by atoms with E-state index in [9.17, 15) is 18.0 Å². The number of carbonyl (C=O) groups is 2. The molecule has 0 saturated carbocycles. The summed E-state index contributed by atoms with van der Waals surface area (Å²) in [5, 5.41) is 1.40. The highest BCUT2D eigenvalue weighted by Gasteiger charge is 2.37. The largest absolute Gasteiger partial charge is 0.454 e. The summed E-state index contributed by atoms with van der Waals surface area (Å²) in [6, 6.07) is 10.3. The van der Waals surface area contributed by atoms with Crippen molar-refractivity contribution in [3.63, 3.8) is 0 Å². The van der Waals surface area contributed by atoms with Crippen molar-refractivity contribution < 1.29 is 22.7 Å². The second-order valence-corrected chi connectivity index (χ2v) is 9.20. The number of rotatable bonds is 4. The molecule has 148 valence electrons. The summed E-state index contributed by atoms with van der Waals surface area (Å²) in [5.41, 5.74) is 0.460. The molecular formula is C20H22N2O5S. The predicted octanol–water partition coefficient (Wildman–Crippen LogP) is 2.15. The molecule has 4 rings (SSSR count). The lowest BCUT2D eigenvalue weighted by Gasteiger charge is -2.30. The van der Waals surface area contributed by atoms with Crippen LogP contribution in [0.15, 0.2) is 41.3 Å². The first-order chi connectivity index (χ1) is 13.4. The minimum atomic E-state index is -3.82. The number of piperidine rings is 1. The van der Waals surface area contributed by atoms with E-state index < -0.39 is 22.5 Å². The van der Waals surface area contributed by atoms with Crippen molar-refractivity contribution in [2.24, 2.45) is 5.92 Å². The van der Waals surface area contributed by atoms with Gasteiger partial charge in [-0.25, -0.2) is 8.42 Å². The highest BCUT2D eigenvalue weighted by molar-refractivity contribution is 7.93. The summed E-state index contributed by atoms with van der Waals surface area (Å²) in [6.07, 6.45) is 1.88. The van der Waals surface area contributed by atoms with E-state index in [1.54, 1.807) is 23.1 Å². The number of benzene rings is 2. The predicted molar refractivity (Wildman–Crippen MR) is 104 cm³/mol. The standard InChI is InChI=1S/C20H22N2O5S/c1-14-8-10-21(11-9-14)18(23)13-27-19(24)12-22-16-6-2-4-15-5-3-7-17(20(15)16)28(22,25)26/h2-7,14H,8-13H2,1H3. The molecule has 7 nitrogen and oxygen atoms in total. The van der Waals surface area contributed by atoms with Crippen LogP contribution >= 0.6 is 0 Å². The number of carbonyl (C=O) groups excluding carboxylic acids is 2. The Hall–Kier alpha value is -2.61. The third kappa shape index (κ3) is 3.22. The molecular weight excluding hydrogens is 380 g/mol. The molecule has 1 saturated heterocycles. The lowest BCUT2D eigenvalue weighted by molar-refractivity contribution is -0.151. The van der Waals surface area contributed by atoms with E-state index in [4.69, 9.17) is 4.74 Å². The molecule has 1 fully saturated rings. The van der Waals surface area contributed by atoms with Crippen LogP contribution in [0, 0.1) is 5.92 Å². The van der Waals surface area contributed by atoms with Gasteiger partial charge in [0.1, 0.15) is 6.54 Å². The molecule has 0 N–H and O–H groups in total. The first kappa shape index (κ1) is 18.7. The molecule has 0 aromatic heterocycles. The average molecular weight is 402 g/mol. The number of ether oxygens (including phenoxy) is 1. The molecule has 0 atom stereocenters. The van der Waals surface area contributed by atoms with E-state index in [1.807, 2.05) is 12.1 Å². The summed E-state index contributed by atoms with van der Waals surface area (Å²) >= 11 is 0. The van der Waals surface area contributed by atoms with Gasteiger partial charge < -0.3 is 9.64 Å². The normalized spacial score (nSPS) is 18.5. The van der Waals surface area contributed by atoms with Gasteiger partial charge in [-0.05, 0) is 36.3 Å². The first-order valence-electron chi connectivity index (χ1n) is 9.36. The van der Waals surface area contributed by atoms with Crippen LogP contribution in [0.1, 0.15) is 19.8 Å². The van der Waals surface area contributed by atoms with Crippen LogP contribution in [0.3, 0.4) is 0 Å². The van der Waals surface area contributed by atoms with Crippen LogP contribution in [0.4, 0.5) is 5.69 Å². The lowest BCUT2D eigenvalue weighted by atomic mass is 9.99. The second-order valence-electron chi connectivity index (χ2n) is 7.37. The van der Waals surface area contributed by atoms with Gasteiger partial charge in [-0.1, -0.05) is 31.2 Å². The molecule has 2 aliphatic heterocycles. The number of likely N-dealkylation sites (tertiary alicyclic amines) is 1. The molecule has 0 aliphatic carbocycles. The van der Waals surface area contributed by atoms with Gasteiger partial charge in [-0.2, -0.15) is 0 Å². The third-order valence-electron chi connectivity index (χ3n) is 5.45. The fourth-order valence-corrected chi connectivity index (χ4v) is 5.44. The fraction of sp³-hybridized carbons (Fsp3) is 0.400. The maximum Gasteiger partial charge on any atom is 0.327 e. The Morgan fingerprint density at radius 3 is 2.50 bits per heavy atom.